The second-order valence-electron chi connectivity index (χ2n) is 6.22. The number of fused-ring (bicyclic) bond motifs is 1. The lowest BCUT2D eigenvalue weighted by molar-refractivity contribution is 0.0745. The number of amides is 1. The van der Waals surface area contributed by atoms with Crippen LogP contribution in [0.5, 0.6) is 11.5 Å². The molecule has 1 saturated heterocycles. The first-order valence-electron chi connectivity index (χ1n) is 8.47. The van der Waals surface area contributed by atoms with Gasteiger partial charge in [-0.25, -0.2) is 4.98 Å². The van der Waals surface area contributed by atoms with Crippen molar-refractivity contribution in [1.82, 2.24) is 9.88 Å². The highest BCUT2D eigenvalue weighted by Gasteiger charge is 2.26. The Bertz CT molecular complexity index is 886. The Labute approximate surface area is 171 Å². The Balaban J connectivity index is 1.47. The van der Waals surface area contributed by atoms with Crippen molar-refractivity contribution in [3.63, 3.8) is 0 Å². The van der Waals surface area contributed by atoms with Gasteiger partial charge in [0, 0.05) is 37.9 Å². The van der Waals surface area contributed by atoms with Crippen molar-refractivity contribution in [3.05, 3.63) is 45.0 Å². The van der Waals surface area contributed by atoms with Crippen LogP contribution >= 0.6 is 34.8 Å². The molecule has 1 aromatic heterocycles. The van der Waals surface area contributed by atoms with Crippen LogP contribution in [0.4, 0.5) is 5.82 Å². The van der Waals surface area contributed by atoms with E-state index in [2.05, 4.69) is 4.98 Å². The fourth-order valence-electron chi connectivity index (χ4n) is 3.18. The molecule has 0 spiro atoms. The number of benzene rings is 1. The number of carbonyl (C=O) groups is 1. The first-order chi connectivity index (χ1) is 13.0. The molecule has 0 bridgehead atoms. The van der Waals surface area contributed by atoms with Gasteiger partial charge in [0.25, 0.3) is 5.91 Å². The molecule has 3 heterocycles. The Morgan fingerprint density at radius 2 is 1.70 bits per heavy atom. The standard InChI is InChI=1S/C18H16Cl3N3O3/c19-12-9-14(21)17(22-10-12)23-1-3-24(4-2-23)18(25)11-7-13(20)16-15(8-11)26-5-6-27-16/h7-10H,1-6H2. The number of aromatic nitrogens is 1. The quantitative estimate of drug-likeness (QED) is 0.729. The normalized spacial score (nSPS) is 16.4. The third-order valence-electron chi connectivity index (χ3n) is 4.50. The fourth-order valence-corrected chi connectivity index (χ4v) is 3.94. The molecule has 0 aliphatic carbocycles. The lowest BCUT2D eigenvalue weighted by atomic mass is 10.1. The third kappa shape index (κ3) is 3.74. The molecular weight excluding hydrogens is 413 g/mol. The van der Waals surface area contributed by atoms with E-state index in [0.717, 1.165) is 0 Å². The Morgan fingerprint density at radius 1 is 0.963 bits per heavy atom. The van der Waals surface area contributed by atoms with Crippen molar-refractivity contribution in [3.8, 4) is 11.5 Å². The smallest absolute Gasteiger partial charge is 0.254 e. The predicted molar refractivity (Wildman–Crippen MR) is 105 cm³/mol. The van der Waals surface area contributed by atoms with Gasteiger partial charge in [-0.15, -0.1) is 0 Å². The molecule has 27 heavy (non-hydrogen) atoms. The number of carbonyl (C=O) groups excluding carboxylic acids is 1. The maximum Gasteiger partial charge on any atom is 0.254 e. The van der Waals surface area contributed by atoms with Crippen molar-refractivity contribution in [2.75, 3.05) is 44.3 Å². The van der Waals surface area contributed by atoms with E-state index < -0.39 is 0 Å². The molecule has 0 unspecified atom stereocenters. The van der Waals surface area contributed by atoms with Gasteiger partial charge in [-0.1, -0.05) is 34.8 Å². The van der Waals surface area contributed by atoms with Crippen molar-refractivity contribution in [2.24, 2.45) is 0 Å². The first-order valence-corrected chi connectivity index (χ1v) is 9.61. The van der Waals surface area contributed by atoms with Crippen LogP contribution in [0, 0.1) is 0 Å². The summed E-state index contributed by atoms with van der Waals surface area (Å²) in [5.41, 5.74) is 0.486. The van der Waals surface area contributed by atoms with E-state index in [1.807, 2.05) is 4.90 Å². The molecule has 0 N–H and O–H groups in total. The van der Waals surface area contributed by atoms with Crippen LogP contribution < -0.4 is 14.4 Å². The van der Waals surface area contributed by atoms with Crippen LogP contribution in [0.15, 0.2) is 24.4 Å². The number of hydrogen-bond donors (Lipinski definition) is 0. The minimum Gasteiger partial charge on any atom is -0.486 e. The Hall–Kier alpha value is -1.89. The number of halogens is 3. The summed E-state index contributed by atoms with van der Waals surface area (Å²) in [6.45, 7) is 3.23. The number of rotatable bonds is 2. The number of ether oxygens (including phenoxy) is 2. The number of hydrogen-bond acceptors (Lipinski definition) is 5. The lowest BCUT2D eigenvalue weighted by Crippen LogP contribution is -2.49. The minimum absolute atomic E-state index is 0.0938. The van der Waals surface area contributed by atoms with Gasteiger partial charge >= 0.3 is 0 Å². The highest BCUT2D eigenvalue weighted by atomic mass is 35.5. The molecule has 1 fully saturated rings. The van der Waals surface area contributed by atoms with Gasteiger partial charge in [0.15, 0.2) is 11.5 Å². The number of anilines is 1. The van der Waals surface area contributed by atoms with Crippen molar-refractivity contribution < 1.29 is 14.3 Å². The highest BCUT2D eigenvalue weighted by Crippen LogP contribution is 2.38. The van der Waals surface area contributed by atoms with E-state index in [1.165, 1.54) is 0 Å². The van der Waals surface area contributed by atoms with Crippen LogP contribution in [0.1, 0.15) is 10.4 Å². The summed E-state index contributed by atoms with van der Waals surface area (Å²) in [6, 6.07) is 4.98. The second-order valence-corrected chi connectivity index (χ2v) is 7.47. The SMILES string of the molecule is O=C(c1cc(Cl)c2c(c1)OCCO2)N1CCN(c2ncc(Cl)cc2Cl)CC1. The zero-order chi connectivity index (χ0) is 19.0. The maximum atomic E-state index is 12.9. The summed E-state index contributed by atoms with van der Waals surface area (Å²) in [5, 5.41) is 1.38. The molecule has 0 saturated carbocycles. The zero-order valence-electron chi connectivity index (χ0n) is 14.3. The molecule has 0 radical (unpaired) electrons. The van der Waals surface area contributed by atoms with E-state index in [-0.39, 0.29) is 5.91 Å². The second kappa shape index (κ2) is 7.62. The van der Waals surface area contributed by atoms with E-state index >= 15 is 0 Å². The molecule has 9 heteroatoms. The average molecular weight is 429 g/mol. The van der Waals surface area contributed by atoms with Gasteiger partial charge < -0.3 is 19.3 Å². The van der Waals surface area contributed by atoms with Gasteiger partial charge in [-0.3, -0.25) is 4.79 Å². The summed E-state index contributed by atoms with van der Waals surface area (Å²) in [5.74, 6) is 1.58. The van der Waals surface area contributed by atoms with E-state index in [4.69, 9.17) is 44.3 Å². The van der Waals surface area contributed by atoms with Crippen LogP contribution in [0.2, 0.25) is 15.1 Å². The first kappa shape index (κ1) is 18.5. The summed E-state index contributed by atoms with van der Waals surface area (Å²) < 4.78 is 11.1. The van der Waals surface area contributed by atoms with E-state index in [1.54, 1.807) is 29.3 Å². The summed E-state index contributed by atoms with van der Waals surface area (Å²) in [7, 11) is 0. The minimum atomic E-state index is -0.0938. The Morgan fingerprint density at radius 3 is 2.44 bits per heavy atom. The Kier molecular flexibility index (Phi) is 5.21. The number of piperazine rings is 1. The van der Waals surface area contributed by atoms with Crippen LogP contribution in [-0.4, -0.2) is 55.2 Å². The van der Waals surface area contributed by atoms with Crippen molar-refractivity contribution >= 4 is 46.5 Å². The van der Waals surface area contributed by atoms with Crippen LogP contribution in [0.25, 0.3) is 0 Å². The van der Waals surface area contributed by atoms with Gasteiger partial charge in [-0.2, -0.15) is 0 Å². The van der Waals surface area contributed by atoms with E-state index in [0.29, 0.717) is 77.3 Å². The third-order valence-corrected chi connectivity index (χ3v) is 5.26. The van der Waals surface area contributed by atoms with Crippen molar-refractivity contribution in [1.29, 1.82) is 0 Å². The molecule has 0 atom stereocenters. The monoisotopic (exact) mass is 427 g/mol. The number of nitrogens with zero attached hydrogens (tertiary/aromatic N) is 3. The molecule has 4 rings (SSSR count). The molecular formula is C18H16Cl3N3O3. The van der Waals surface area contributed by atoms with Crippen LogP contribution in [0.3, 0.4) is 0 Å². The zero-order valence-corrected chi connectivity index (χ0v) is 16.5. The molecule has 6 nitrogen and oxygen atoms in total. The molecule has 2 aromatic rings. The van der Waals surface area contributed by atoms with Gasteiger partial charge in [-0.05, 0) is 18.2 Å². The number of pyridine rings is 1. The average Bonchev–Trinajstić information content (AvgIpc) is 2.68. The maximum absolute atomic E-state index is 12.9. The van der Waals surface area contributed by atoms with E-state index in [9.17, 15) is 4.79 Å². The molecule has 2 aliphatic rings. The summed E-state index contributed by atoms with van der Waals surface area (Å²) in [4.78, 5) is 21.0. The highest BCUT2D eigenvalue weighted by molar-refractivity contribution is 6.36. The predicted octanol–water partition coefficient (Wildman–Crippen LogP) is 3.78. The molecule has 2 aliphatic heterocycles. The van der Waals surface area contributed by atoms with Crippen molar-refractivity contribution in [2.45, 2.75) is 0 Å². The van der Waals surface area contributed by atoms with Crippen LogP contribution in [-0.2, 0) is 0 Å². The van der Waals surface area contributed by atoms with Gasteiger partial charge in [0.1, 0.15) is 19.0 Å². The van der Waals surface area contributed by atoms with Gasteiger partial charge in [0.2, 0.25) is 0 Å². The lowest BCUT2D eigenvalue weighted by Gasteiger charge is -2.36. The molecule has 142 valence electrons. The largest absolute Gasteiger partial charge is 0.486 e. The summed E-state index contributed by atoms with van der Waals surface area (Å²) >= 11 is 18.4. The molecule has 1 amide bonds. The van der Waals surface area contributed by atoms with Gasteiger partial charge in [0.05, 0.1) is 15.1 Å². The summed E-state index contributed by atoms with van der Waals surface area (Å²) in [6.07, 6.45) is 1.57. The molecule has 1 aromatic carbocycles. The topological polar surface area (TPSA) is 54.9 Å². The fraction of sp³-hybridized carbons (Fsp3) is 0.333.